The summed E-state index contributed by atoms with van der Waals surface area (Å²) in [6.45, 7) is 3.75. The Balaban J connectivity index is 2.62. The van der Waals surface area contributed by atoms with Crippen molar-refractivity contribution in [1.82, 2.24) is 10.3 Å². The van der Waals surface area contributed by atoms with Gasteiger partial charge in [-0.3, -0.25) is 15.1 Å². The summed E-state index contributed by atoms with van der Waals surface area (Å²) >= 11 is 0. The van der Waals surface area contributed by atoms with E-state index < -0.39 is 12.0 Å². The maximum Gasteiger partial charge on any atom is 0.320 e. The van der Waals surface area contributed by atoms with Crippen LogP contribution in [-0.2, 0) is 4.79 Å². The molecular weight excluding hydrogens is 192 g/mol. The normalized spacial score (nSPS) is 14.5. The SMILES string of the molecule is CCC(N[C@@H](C)c1ccccn1)C(=O)O. The zero-order valence-corrected chi connectivity index (χ0v) is 8.97. The highest BCUT2D eigenvalue weighted by Gasteiger charge is 2.18. The maximum atomic E-state index is 10.8. The molecule has 15 heavy (non-hydrogen) atoms. The van der Waals surface area contributed by atoms with Gasteiger partial charge in [0.1, 0.15) is 6.04 Å². The summed E-state index contributed by atoms with van der Waals surface area (Å²) in [6.07, 6.45) is 2.27. The largest absolute Gasteiger partial charge is 0.480 e. The first-order valence-electron chi connectivity index (χ1n) is 5.05. The van der Waals surface area contributed by atoms with Crippen LogP contribution in [0.2, 0.25) is 0 Å². The van der Waals surface area contributed by atoms with Crippen molar-refractivity contribution in [3.8, 4) is 0 Å². The minimum atomic E-state index is -0.819. The number of hydrogen-bond donors (Lipinski definition) is 2. The lowest BCUT2D eigenvalue weighted by Crippen LogP contribution is -2.37. The number of carboxylic acids is 1. The molecule has 0 aliphatic heterocycles. The van der Waals surface area contributed by atoms with E-state index in [2.05, 4.69) is 10.3 Å². The lowest BCUT2D eigenvalue weighted by Gasteiger charge is -2.18. The molecule has 0 bridgehead atoms. The molecule has 1 unspecified atom stereocenters. The number of carboxylic acid groups (broad SMARTS) is 1. The van der Waals surface area contributed by atoms with E-state index in [1.165, 1.54) is 0 Å². The summed E-state index contributed by atoms with van der Waals surface area (Å²) in [6, 6.07) is 5.05. The molecule has 82 valence electrons. The third kappa shape index (κ3) is 3.32. The van der Waals surface area contributed by atoms with Crippen molar-refractivity contribution in [1.29, 1.82) is 0 Å². The summed E-state index contributed by atoms with van der Waals surface area (Å²) in [5.41, 5.74) is 0.859. The number of aliphatic carboxylic acids is 1. The molecule has 0 aliphatic carbocycles. The minimum absolute atomic E-state index is 0.0488. The number of nitrogens with zero attached hydrogens (tertiary/aromatic N) is 1. The van der Waals surface area contributed by atoms with Crippen LogP contribution in [0.4, 0.5) is 0 Å². The molecule has 0 aliphatic rings. The van der Waals surface area contributed by atoms with Crippen LogP contribution in [-0.4, -0.2) is 22.1 Å². The highest BCUT2D eigenvalue weighted by molar-refractivity contribution is 5.73. The van der Waals surface area contributed by atoms with E-state index in [1.807, 2.05) is 32.0 Å². The molecule has 0 fully saturated rings. The Morgan fingerprint density at radius 3 is 2.80 bits per heavy atom. The third-order valence-corrected chi connectivity index (χ3v) is 2.29. The van der Waals surface area contributed by atoms with Gasteiger partial charge in [0.25, 0.3) is 0 Å². The van der Waals surface area contributed by atoms with Crippen LogP contribution in [0.15, 0.2) is 24.4 Å². The number of pyridine rings is 1. The van der Waals surface area contributed by atoms with E-state index in [-0.39, 0.29) is 6.04 Å². The molecule has 2 atom stereocenters. The van der Waals surface area contributed by atoms with E-state index in [9.17, 15) is 4.79 Å². The summed E-state index contributed by atoms with van der Waals surface area (Å²) < 4.78 is 0. The van der Waals surface area contributed by atoms with Crippen molar-refractivity contribution < 1.29 is 9.90 Å². The van der Waals surface area contributed by atoms with Crippen LogP contribution in [0.25, 0.3) is 0 Å². The van der Waals surface area contributed by atoms with Gasteiger partial charge >= 0.3 is 5.97 Å². The number of aromatic nitrogens is 1. The Morgan fingerprint density at radius 1 is 1.60 bits per heavy atom. The fraction of sp³-hybridized carbons (Fsp3) is 0.455. The lowest BCUT2D eigenvalue weighted by atomic mass is 10.1. The molecule has 0 amide bonds. The van der Waals surface area contributed by atoms with Gasteiger partial charge in [-0.2, -0.15) is 0 Å². The summed E-state index contributed by atoms with van der Waals surface area (Å²) in [4.78, 5) is 15.0. The zero-order chi connectivity index (χ0) is 11.3. The third-order valence-electron chi connectivity index (χ3n) is 2.29. The average molecular weight is 208 g/mol. The molecule has 0 radical (unpaired) electrons. The smallest absolute Gasteiger partial charge is 0.320 e. The Kier molecular flexibility index (Phi) is 4.24. The Hall–Kier alpha value is -1.42. The van der Waals surface area contributed by atoms with Gasteiger partial charge in [-0.1, -0.05) is 13.0 Å². The number of rotatable bonds is 5. The minimum Gasteiger partial charge on any atom is -0.480 e. The predicted octanol–water partition coefficient (Wildman–Crippen LogP) is 1.60. The molecule has 0 aromatic carbocycles. The van der Waals surface area contributed by atoms with Crippen molar-refractivity contribution >= 4 is 5.97 Å². The molecule has 4 heteroatoms. The Labute approximate surface area is 89.3 Å². The molecule has 1 aromatic rings. The highest BCUT2D eigenvalue weighted by Crippen LogP contribution is 2.09. The highest BCUT2D eigenvalue weighted by atomic mass is 16.4. The molecule has 1 aromatic heterocycles. The average Bonchev–Trinajstić information content (AvgIpc) is 2.26. The monoisotopic (exact) mass is 208 g/mol. The van der Waals surface area contributed by atoms with Crippen molar-refractivity contribution in [2.45, 2.75) is 32.4 Å². The topological polar surface area (TPSA) is 62.2 Å². The van der Waals surface area contributed by atoms with Gasteiger partial charge in [-0.25, -0.2) is 0 Å². The zero-order valence-electron chi connectivity index (χ0n) is 8.97. The van der Waals surface area contributed by atoms with E-state index >= 15 is 0 Å². The second-order valence-corrected chi connectivity index (χ2v) is 3.44. The summed E-state index contributed by atoms with van der Waals surface area (Å²) in [5, 5.41) is 11.9. The van der Waals surface area contributed by atoms with Crippen LogP contribution < -0.4 is 5.32 Å². The summed E-state index contributed by atoms with van der Waals surface area (Å²) in [5.74, 6) is -0.819. The first-order valence-corrected chi connectivity index (χ1v) is 5.05. The Bertz CT molecular complexity index is 314. The van der Waals surface area contributed by atoms with Crippen LogP contribution >= 0.6 is 0 Å². The summed E-state index contributed by atoms with van der Waals surface area (Å²) in [7, 11) is 0. The van der Waals surface area contributed by atoms with E-state index in [0.717, 1.165) is 5.69 Å². The molecule has 1 heterocycles. The fourth-order valence-electron chi connectivity index (χ4n) is 1.38. The number of hydrogen-bond acceptors (Lipinski definition) is 3. The lowest BCUT2D eigenvalue weighted by molar-refractivity contribution is -0.139. The van der Waals surface area contributed by atoms with Gasteiger partial charge in [0.2, 0.25) is 0 Å². The molecular formula is C11H16N2O2. The number of nitrogens with one attached hydrogen (secondary N) is 1. The molecule has 1 rings (SSSR count). The maximum absolute atomic E-state index is 10.8. The fourth-order valence-corrected chi connectivity index (χ4v) is 1.38. The van der Waals surface area contributed by atoms with Gasteiger partial charge < -0.3 is 5.11 Å². The van der Waals surface area contributed by atoms with Crippen LogP contribution in [0.1, 0.15) is 32.0 Å². The van der Waals surface area contributed by atoms with Crippen molar-refractivity contribution in [2.24, 2.45) is 0 Å². The van der Waals surface area contributed by atoms with E-state index in [4.69, 9.17) is 5.11 Å². The predicted molar refractivity (Wildman–Crippen MR) is 57.5 cm³/mol. The first-order chi connectivity index (χ1) is 7.15. The van der Waals surface area contributed by atoms with Crippen LogP contribution in [0.5, 0.6) is 0 Å². The quantitative estimate of drug-likeness (QED) is 0.771. The van der Waals surface area contributed by atoms with Gasteiger partial charge in [-0.05, 0) is 25.5 Å². The molecule has 2 N–H and O–H groups in total. The van der Waals surface area contributed by atoms with Crippen molar-refractivity contribution in [2.75, 3.05) is 0 Å². The molecule has 0 spiro atoms. The second-order valence-electron chi connectivity index (χ2n) is 3.44. The molecule has 4 nitrogen and oxygen atoms in total. The second kappa shape index (κ2) is 5.46. The Morgan fingerprint density at radius 2 is 2.33 bits per heavy atom. The van der Waals surface area contributed by atoms with Gasteiger partial charge in [-0.15, -0.1) is 0 Å². The van der Waals surface area contributed by atoms with Gasteiger partial charge in [0, 0.05) is 12.2 Å². The van der Waals surface area contributed by atoms with Crippen molar-refractivity contribution in [3.63, 3.8) is 0 Å². The number of carbonyl (C=O) groups is 1. The molecule has 0 saturated carbocycles. The first kappa shape index (κ1) is 11.7. The van der Waals surface area contributed by atoms with Crippen LogP contribution in [0, 0.1) is 0 Å². The van der Waals surface area contributed by atoms with E-state index in [0.29, 0.717) is 6.42 Å². The molecule has 0 saturated heterocycles. The van der Waals surface area contributed by atoms with Gasteiger partial charge in [0.05, 0.1) is 5.69 Å². The van der Waals surface area contributed by atoms with Crippen molar-refractivity contribution in [3.05, 3.63) is 30.1 Å². The van der Waals surface area contributed by atoms with E-state index in [1.54, 1.807) is 6.20 Å². The van der Waals surface area contributed by atoms with Crippen LogP contribution in [0.3, 0.4) is 0 Å². The standard InChI is InChI=1S/C11H16N2O2/c1-3-9(11(14)15)13-8(2)10-6-4-5-7-12-10/h4-9,13H,3H2,1-2H3,(H,14,15)/t8-,9?/m0/s1. The van der Waals surface area contributed by atoms with Gasteiger partial charge in [0.15, 0.2) is 0 Å².